The molecule has 3 aromatic rings. The van der Waals surface area contributed by atoms with Crippen LogP contribution in [0.5, 0.6) is 0 Å². The Labute approximate surface area is 199 Å². The number of nitrogens with zero attached hydrogens (tertiary/aromatic N) is 2. The van der Waals surface area contributed by atoms with E-state index >= 15 is 0 Å². The van der Waals surface area contributed by atoms with Gasteiger partial charge in [0.25, 0.3) is 0 Å². The average molecular weight is 489 g/mol. The maximum Gasteiger partial charge on any atom is 0.335 e. The summed E-state index contributed by atoms with van der Waals surface area (Å²) in [5.74, 6) is -2.19. The van der Waals surface area contributed by atoms with E-state index in [4.69, 9.17) is 16.7 Å². The predicted octanol–water partition coefficient (Wildman–Crippen LogP) is 4.61. The topological polar surface area (TPSA) is 124 Å². The Morgan fingerprint density at radius 3 is 2.18 bits per heavy atom. The van der Waals surface area contributed by atoms with Crippen molar-refractivity contribution < 1.29 is 29.0 Å². The molecule has 0 amide bonds. The highest BCUT2D eigenvalue weighted by atomic mass is 35.5. The monoisotopic (exact) mass is 488 g/mol. The van der Waals surface area contributed by atoms with Gasteiger partial charge in [-0.25, -0.2) is 4.79 Å². The van der Waals surface area contributed by atoms with Crippen molar-refractivity contribution in [1.29, 1.82) is 0 Å². The Bertz CT molecular complexity index is 1200. The van der Waals surface area contributed by atoms with Gasteiger partial charge in [-0.1, -0.05) is 23.7 Å². The second kappa shape index (κ2) is 11.4. The fraction of sp³-hybridized carbons (Fsp3) is 0.217. The molecule has 0 atom stereocenters. The molecule has 2 aromatic heterocycles. The first-order valence-corrected chi connectivity index (χ1v) is 10.8. The molecule has 0 spiro atoms. The molecule has 0 aliphatic heterocycles. The van der Waals surface area contributed by atoms with E-state index in [0.29, 0.717) is 20.6 Å². The largest absolute Gasteiger partial charge is 0.478 e. The number of ether oxygens (including phenoxy) is 1. The molecule has 8 nitrogen and oxygen atoms in total. The average Bonchev–Trinajstić information content (AvgIpc) is 3.13. The van der Waals surface area contributed by atoms with Gasteiger partial charge in [0.2, 0.25) is 0 Å². The Hall–Kier alpha value is -3.43. The van der Waals surface area contributed by atoms with Crippen LogP contribution in [0.25, 0.3) is 11.1 Å². The van der Waals surface area contributed by atoms with Gasteiger partial charge in [0.15, 0.2) is 6.29 Å². The van der Waals surface area contributed by atoms with Crippen LogP contribution in [0.3, 0.4) is 0 Å². The summed E-state index contributed by atoms with van der Waals surface area (Å²) in [7, 11) is 0. The molecule has 2 heterocycles. The number of carboxylic acids is 1. The molecule has 10 heteroatoms. The van der Waals surface area contributed by atoms with E-state index in [0.717, 1.165) is 28.8 Å². The van der Waals surface area contributed by atoms with Crippen LogP contribution in [0.4, 0.5) is 0 Å². The van der Waals surface area contributed by atoms with Crippen LogP contribution in [0, 0.1) is 20.8 Å². The number of esters is 2. The summed E-state index contributed by atoms with van der Waals surface area (Å²) in [5.41, 5.74) is 4.60. The molecule has 0 aliphatic carbocycles. The van der Waals surface area contributed by atoms with Gasteiger partial charge in [-0.05, 0) is 44.5 Å². The summed E-state index contributed by atoms with van der Waals surface area (Å²) in [6, 6.07) is 8.05. The summed E-state index contributed by atoms with van der Waals surface area (Å²) in [4.78, 5) is 52.2. The van der Waals surface area contributed by atoms with E-state index in [1.54, 1.807) is 25.1 Å². The lowest BCUT2D eigenvalue weighted by Gasteiger charge is -2.06. The molecule has 0 radical (unpaired) electrons. The lowest BCUT2D eigenvalue weighted by Crippen LogP contribution is -2.14. The molecule has 0 aliphatic rings. The zero-order chi connectivity index (χ0) is 24.7. The number of aromatic carboxylic acids is 1. The van der Waals surface area contributed by atoms with Gasteiger partial charge in [0, 0.05) is 12.5 Å². The van der Waals surface area contributed by atoms with Crippen LogP contribution in [0.1, 0.15) is 49.7 Å². The number of carbonyl (C=O) groups is 4. The van der Waals surface area contributed by atoms with Crippen molar-refractivity contribution in [2.45, 2.75) is 34.1 Å². The quantitative estimate of drug-likeness (QED) is 0.313. The van der Waals surface area contributed by atoms with Gasteiger partial charge in [-0.2, -0.15) is 0 Å². The van der Waals surface area contributed by atoms with Crippen LogP contribution in [-0.2, 0) is 20.7 Å². The number of aromatic nitrogens is 2. The number of benzene rings is 1. The van der Waals surface area contributed by atoms with Gasteiger partial charge in [-0.15, -0.1) is 11.3 Å². The highest BCUT2D eigenvalue weighted by Crippen LogP contribution is 2.35. The Morgan fingerprint density at radius 1 is 1.06 bits per heavy atom. The van der Waals surface area contributed by atoms with E-state index in [1.807, 2.05) is 13.8 Å². The first-order chi connectivity index (χ1) is 15.5. The zero-order valence-corrected chi connectivity index (χ0v) is 19.9. The lowest BCUT2D eigenvalue weighted by atomic mass is 10.1. The molecule has 0 unspecified atom stereocenters. The number of thiophene rings is 1. The van der Waals surface area contributed by atoms with Gasteiger partial charge < -0.3 is 9.84 Å². The number of aryl methyl sites for hydroxylation is 3. The molecule has 172 valence electrons. The van der Waals surface area contributed by atoms with Crippen LogP contribution in [-0.4, -0.2) is 39.3 Å². The summed E-state index contributed by atoms with van der Waals surface area (Å²) in [6.45, 7) is 6.64. The minimum absolute atomic E-state index is 0.0282. The number of carbonyl (C=O) groups excluding carboxylic acids is 3. The molecule has 1 aromatic carbocycles. The van der Waals surface area contributed by atoms with Crippen molar-refractivity contribution in [3.8, 4) is 11.1 Å². The third kappa shape index (κ3) is 7.30. The van der Waals surface area contributed by atoms with Crippen LogP contribution >= 0.6 is 22.9 Å². The first-order valence-electron chi connectivity index (χ1n) is 9.62. The van der Waals surface area contributed by atoms with Crippen molar-refractivity contribution in [3.05, 3.63) is 67.9 Å². The van der Waals surface area contributed by atoms with E-state index in [2.05, 4.69) is 14.7 Å². The summed E-state index contributed by atoms with van der Waals surface area (Å²) in [5, 5.41) is 8.77. The van der Waals surface area contributed by atoms with Crippen molar-refractivity contribution in [3.63, 3.8) is 0 Å². The fourth-order valence-electron chi connectivity index (χ4n) is 2.70. The van der Waals surface area contributed by atoms with Gasteiger partial charge in [0.05, 0.1) is 39.6 Å². The fourth-order valence-corrected chi connectivity index (χ4v) is 3.85. The number of halogens is 1. The van der Waals surface area contributed by atoms with Crippen LogP contribution in [0.15, 0.2) is 30.3 Å². The normalized spacial score (nSPS) is 10.1. The molecule has 1 N–H and O–H groups in total. The minimum atomic E-state index is -0.971. The van der Waals surface area contributed by atoms with Crippen molar-refractivity contribution in [2.75, 3.05) is 0 Å². The third-order valence-electron chi connectivity index (χ3n) is 4.41. The SMILES string of the molecule is CC(=O)OC(=O)Cc1nc(C)c(C)nc1C.O=Cc1cc(-c2ccc(C(=O)O)cc2)c(Cl)s1. The second-order valence-electron chi connectivity index (χ2n) is 6.91. The van der Waals surface area contributed by atoms with Gasteiger partial charge in [-0.3, -0.25) is 24.4 Å². The number of hydrogen-bond acceptors (Lipinski definition) is 8. The molecular formula is C23H21ClN2O6S. The summed E-state index contributed by atoms with van der Waals surface area (Å²) < 4.78 is 4.96. The lowest BCUT2D eigenvalue weighted by molar-refractivity contribution is -0.157. The Balaban J connectivity index is 0.000000234. The van der Waals surface area contributed by atoms with Crippen LogP contribution in [0.2, 0.25) is 4.34 Å². The zero-order valence-electron chi connectivity index (χ0n) is 18.3. The summed E-state index contributed by atoms with van der Waals surface area (Å²) in [6.07, 6.45) is 0.713. The number of aldehydes is 1. The van der Waals surface area contributed by atoms with Crippen molar-refractivity contribution >= 4 is 47.1 Å². The van der Waals surface area contributed by atoms with Crippen molar-refractivity contribution in [1.82, 2.24) is 9.97 Å². The number of hydrogen-bond donors (Lipinski definition) is 1. The minimum Gasteiger partial charge on any atom is -0.478 e. The first kappa shape index (κ1) is 25.8. The van der Waals surface area contributed by atoms with E-state index in [9.17, 15) is 19.2 Å². The van der Waals surface area contributed by atoms with Gasteiger partial charge in [0.1, 0.15) is 4.34 Å². The molecule has 0 fully saturated rings. The Kier molecular flexibility index (Phi) is 8.95. The van der Waals surface area contributed by atoms with E-state index in [-0.39, 0.29) is 12.0 Å². The van der Waals surface area contributed by atoms with Crippen molar-refractivity contribution in [2.24, 2.45) is 0 Å². The molecule has 0 saturated heterocycles. The highest BCUT2D eigenvalue weighted by Gasteiger charge is 2.13. The molecule has 3 rings (SSSR count). The molecular weight excluding hydrogens is 468 g/mol. The van der Waals surface area contributed by atoms with Crippen LogP contribution < -0.4 is 0 Å². The van der Waals surface area contributed by atoms with Gasteiger partial charge >= 0.3 is 17.9 Å². The summed E-state index contributed by atoms with van der Waals surface area (Å²) >= 11 is 7.20. The third-order valence-corrected chi connectivity index (χ3v) is 5.70. The molecule has 0 bridgehead atoms. The highest BCUT2D eigenvalue weighted by molar-refractivity contribution is 7.18. The van der Waals surface area contributed by atoms with E-state index < -0.39 is 17.9 Å². The number of rotatable bonds is 5. The smallest absolute Gasteiger partial charge is 0.335 e. The predicted molar refractivity (Wildman–Crippen MR) is 124 cm³/mol. The number of carboxylic acid groups (broad SMARTS) is 1. The molecule has 0 saturated carbocycles. The Morgan fingerprint density at radius 2 is 1.67 bits per heavy atom. The standard InChI is InChI=1S/C12H7ClO3S.C11H14N2O3/c13-11-10(5-9(6-14)17-11)7-1-3-8(4-2-7)12(15)16;1-6-7(2)13-10(8(3)12-6)5-11(15)16-9(4)14/h1-6H,(H,15,16);5H2,1-4H3. The maximum atomic E-state index is 11.3. The molecule has 33 heavy (non-hydrogen) atoms. The maximum absolute atomic E-state index is 11.3. The second-order valence-corrected chi connectivity index (χ2v) is 8.59. The van der Waals surface area contributed by atoms with E-state index in [1.165, 1.54) is 30.4 Å².